The number of carbonyl (C=O) groups is 1. The van der Waals surface area contributed by atoms with Gasteiger partial charge in [-0.05, 0) is 49.4 Å². The molecule has 0 saturated carbocycles. The zero-order valence-corrected chi connectivity index (χ0v) is 9.96. The van der Waals surface area contributed by atoms with E-state index in [1.807, 2.05) is 0 Å². The van der Waals surface area contributed by atoms with Gasteiger partial charge in [-0.2, -0.15) is 0 Å². The van der Waals surface area contributed by atoms with Crippen molar-refractivity contribution in [2.45, 2.75) is 26.2 Å². The number of aromatic nitrogens is 1. The Kier molecular flexibility index (Phi) is 2.33. The second-order valence-corrected chi connectivity index (χ2v) is 4.71. The van der Waals surface area contributed by atoms with E-state index >= 15 is 0 Å². The third-order valence-corrected chi connectivity index (χ3v) is 3.43. The molecule has 0 fully saturated rings. The van der Waals surface area contributed by atoms with Crippen molar-refractivity contribution in [3.05, 3.63) is 40.3 Å². The molecule has 2 aromatic rings. The summed E-state index contributed by atoms with van der Waals surface area (Å²) in [5, 5.41) is 9.80. The molecule has 1 aromatic carbocycles. The van der Waals surface area contributed by atoms with Gasteiger partial charge >= 0.3 is 5.97 Å². The van der Waals surface area contributed by atoms with Crippen LogP contribution in [0.25, 0.3) is 10.9 Å². The molecule has 0 atom stereocenters. The predicted molar refractivity (Wildman–Crippen MR) is 65.4 cm³/mol. The van der Waals surface area contributed by atoms with Crippen molar-refractivity contribution in [2.75, 3.05) is 0 Å². The molecule has 0 amide bonds. The van der Waals surface area contributed by atoms with Crippen LogP contribution in [0.3, 0.4) is 0 Å². The van der Waals surface area contributed by atoms with E-state index in [1.165, 1.54) is 6.07 Å². The molecule has 1 aliphatic rings. The molecule has 3 nitrogen and oxygen atoms in total. The molecular weight excluding hydrogens is 233 g/mol. The number of aromatic carboxylic acids is 1. The SMILES string of the molecule is Cc1cc(F)c2nc3c(c(C(=O)O)c2c1)CCC3. The normalized spacial score (nSPS) is 13.9. The zero-order chi connectivity index (χ0) is 12.9. The van der Waals surface area contributed by atoms with Crippen LogP contribution in [-0.2, 0) is 12.8 Å². The first-order valence-corrected chi connectivity index (χ1v) is 5.93. The molecule has 0 bridgehead atoms. The van der Waals surface area contributed by atoms with Crippen molar-refractivity contribution in [3.63, 3.8) is 0 Å². The highest BCUT2D eigenvalue weighted by Gasteiger charge is 2.24. The zero-order valence-electron chi connectivity index (χ0n) is 9.96. The van der Waals surface area contributed by atoms with Gasteiger partial charge in [-0.1, -0.05) is 0 Å². The molecule has 0 radical (unpaired) electrons. The van der Waals surface area contributed by atoms with Crippen LogP contribution in [0.2, 0.25) is 0 Å². The number of carboxylic acids is 1. The van der Waals surface area contributed by atoms with Crippen LogP contribution in [0.5, 0.6) is 0 Å². The lowest BCUT2D eigenvalue weighted by molar-refractivity contribution is 0.0698. The molecule has 0 spiro atoms. The molecule has 0 aliphatic heterocycles. The van der Waals surface area contributed by atoms with Crippen LogP contribution in [0.4, 0.5) is 4.39 Å². The van der Waals surface area contributed by atoms with E-state index in [0.717, 1.165) is 30.5 Å². The Hall–Kier alpha value is -1.97. The quantitative estimate of drug-likeness (QED) is 0.840. The fourth-order valence-corrected chi connectivity index (χ4v) is 2.70. The van der Waals surface area contributed by atoms with E-state index in [4.69, 9.17) is 0 Å². The Labute approximate surface area is 103 Å². The van der Waals surface area contributed by atoms with Crippen LogP contribution < -0.4 is 0 Å². The number of fused-ring (bicyclic) bond motifs is 2. The summed E-state index contributed by atoms with van der Waals surface area (Å²) in [5.41, 5.74) is 2.64. The van der Waals surface area contributed by atoms with E-state index in [0.29, 0.717) is 10.9 Å². The average Bonchev–Trinajstić information content (AvgIpc) is 2.73. The first-order chi connectivity index (χ1) is 8.58. The summed E-state index contributed by atoms with van der Waals surface area (Å²) >= 11 is 0. The van der Waals surface area contributed by atoms with Gasteiger partial charge in [-0.25, -0.2) is 14.2 Å². The Bertz CT molecular complexity index is 679. The Morgan fingerprint density at radius 2 is 2.17 bits per heavy atom. The van der Waals surface area contributed by atoms with Crippen LogP contribution in [0, 0.1) is 12.7 Å². The van der Waals surface area contributed by atoms with Crippen molar-refractivity contribution in [1.82, 2.24) is 4.98 Å². The van der Waals surface area contributed by atoms with Gasteiger partial charge in [0, 0.05) is 11.1 Å². The summed E-state index contributed by atoms with van der Waals surface area (Å²) in [4.78, 5) is 15.7. The Balaban J connectivity index is 2.50. The monoisotopic (exact) mass is 245 g/mol. The first kappa shape index (κ1) is 11.1. The third kappa shape index (κ3) is 1.49. The summed E-state index contributed by atoms with van der Waals surface area (Å²) in [5.74, 6) is -1.44. The fraction of sp³-hybridized carbons (Fsp3) is 0.286. The maximum atomic E-state index is 13.9. The summed E-state index contributed by atoms with van der Waals surface area (Å²) in [7, 11) is 0. The highest BCUT2D eigenvalue weighted by molar-refractivity contribution is 6.04. The minimum absolute atomic E-state index is 0.179. The minimum Gasteiger partial charge on any atom is -0.478 e. The van der Waals surface area contributed by atoms with Crippen molar-refractivity contribution >= 4 is 16.9 Å². The number of benzene rings is 1. The highest BCUT2D eigenvalue weighted by atomic mass is 19.1. The molecule has 1 aromatic heterocycles. The summed E-state index contributed by atoms with van der Waals surface area (Å²) < 4.78 is 13.9. The molecule has 92 valence electrons. The molecule has 18 heavy (non-hydrogen) atoms. The van der Waals surface area contributed by atoms with Crippen molar-refractivity contribution in [3.8, 4) is 0 Å². The van der Waals surface area contributed by atoms with Gasteiger partial charge in [-0.3, -0.25) is 0 Å². The average molecular weight is 245 g/mol. The number of rotatable bonds is 1. The number of pyridine rings is 1. The number of aryl methyl sites for hydroxylation is 2. The first-order valence-electron chi connectivity index (χ1n) is 5.93. The maximum Gasteiger partial charge on any atom is 0.336 e. The van der Waals surface area contributed by atoms with Crippen LogP contribution in [0.15, 0.2) is 12.1 Å². The number of hydrogen-bond donors (Lipinski definition) is 1. The van der Waals surface area contributed by atoms with E-state index in [9.17, 15) is 14.3 Å². The van der Waals surface area contributed by atoms with Gasteiger partial charge in [-0.15, -0.1) is 0 Å². The molecule has 0 saturated heterocycles. The largest absolute Gasteiger partial charge is 0.478 e. The van der Waals surface area contributed by atoms with Crippen LogP contribution >= 0.6 is 0 Å². The smallest absolute Gasteiger partial charge is 0.336 e. The van der Waals surface area contributed by atoms with Gasteiger partial charge in [0.2, 0.25) is 0 Å². The van der Waals surface area contributed by atoms with Crippen molar-refractivity contribution in [1.29, 1.82) is 0 Å². The van der Waals surface area contributed by atoms with E-state index in [1.54, 1.807) is 13.0 Å². The standard InChI is InChI=1S/C14H12FNO2/c1-7-5-9-12(14(17)18)8-3-2-4-11(8)16-13(9)10(15)6-7/h5-6H,2-4H2,1H3,(H,17,18). The number of carboxylic acid groups (broad SMARTS) is 1. The second kappa shape index (κ2) is 3.77. The van der Waals surface area contributed by atoms with Gasteiger partial charge in [0.15, 0.2) is 0 Å². The van der Waals surface area contributed by atoms with Gasteiger partial charge < -0.3 is 5.11 Å². The second-order valence-electron chi connectivity index (χ2n) is 4.71. The van der Waals surface area contributed by atoms with E-state index < -0.39 is 11.8 Å². The number of halogens is 1. The topological polar surface area (TPSA) is 50.2 Å². The lowest BCUT2D eigenvalue weighted by Crippen LogP contribution is -2.06. The molecule has 1 heterocycles. The number of hydrogen-bond acceptors (Lipinski definition) is 2. The molecule has 0 unspecified atom stereocenters. The molecule has 4 heteroatoms. The third-order valence-electron chi connectivity index (χ3n) is 3.43. The molecule has 1 N–H and O–H groups in total. The van der Waals surface area contributed by atoms with Crippen molar-refractivity contribution < 1.29 is 14.3 Å². The maximum absolute atomic E-state index is 13.9. The molecule has 1 aliphatic carbocycles. The lowest BCUT2D eigenvalue weighted by atomic mass is 10.00. The van der Waals surface area contributed by atoms with Gasteiger partial charge in [0.25, 0.3) is 0 Å². The summed E-state index contributed by atoms with van der Waals surface area (Å²) in [6, 6.07) is 3.09. The summed E-state index contributed by atoms with van der Waals surface area (Å²) in [6.07, 6.45) is 2.34. The van der Waals surface area contributed by atoms with E-state index in [-0.39, 0.29) is 11.1 Å². The van der Waals surface area contributed by atoms with Crippen LogP contribution in [0.1, 0.15) is 33.6 Å². The molecular formula is C14H12FNO2. The predicted octanol–water partition coefficient (Wildman–Crippen LogP) is 2.87. The molecule has 3 rings (SSSR count). The van der Waals surface area contributed by atoms with Gasteiger partial charge in [0.05, 0.1) is 5.56 Å². The summed E-state index contributed by atoms with van der Waals surface area (Å²) in [6.45, 7) is 1.75. The van der Waals surface area contributed by atoms with Gasteiger partial charge in [0.1, 0.15) is 11.3 Å². The Morgan fingerprint density at radius 3 is 2.89 bits per heavy atom. The van der Waals surface area contributed by atoms with E-state index in [2.05, 4.69) is 4.98 Å². The highest BCUT2D eigenvalue weighted by Crippen LogP contribution is 2.31. The number of nitrogens with zero attached hydrogens (tertiary/aromatic N) is 1. The minimum atomic E-state index is -0.995. The fourth-order valence-electron chi connectivity index (χ4n) is 2.70. The lowest BCUT2D eigenvalue weighted by Gasteiger charge is -2.10. The van der Waals surface area contributed by atoms with Crippen LogP contribution in [-0.4, -0.2) is 16.1 Å². The Morgan fingerprint density at radius 1 is 1.39 bits per heavy atom. The van der Waals surface area contributed by atoms with Crippen molar-refractivity contribution in [2.24, 2.45) is 0 Å².